The Hall–Kier alpha value is -2.84. The van der Waals surface area contributed by atoms with Gasteiger partial charge in [-0.25, -0.2) is 4.68 Å². The van der Waals surface area contributed by atoms with Crippen molar-refractivity contribution in [2.24, 2.45) is 0 Å². The number of hydrogen-bond donors (Lipinski definition) is 2. The predicted molar refractivity (Wildman–Crippen MR) is 117 cm³/mol. The average molecular weight is 424 g/mol. The highest BCUT2D eigenvalue weighted by Crippen LogP contribution is 2.28. The predicted octanol–water partition coefficient (Wildman–Crippen LogP) is -0.0953. The molecule has 3 aromatic rings. The van der Waals surface area contributed by atoms with Crippen LogP contribution in [0.4, 0.5) is 0 Å². The number of nitrogens with one attached hydrogen (secondary N) is 2. The molecule has 0 radical (unpaired) electrons. The zero-order chi connectivity index (χ0) is 21.8. The first-order valence-electron chi connectivity index (χ1n) is 11.0. The largest absolute Gasteiger partial charge is 0.496 e. The van der Waals surface area contributed by atoms with E-state index in [-0.39, 0.29) is 11.6 Å². The van der Waals surface area contributed by atoms with Gasteiger partial charge in [-0.1, -0.05) is 12.1 Å². The highest BCUT2D eigenvalue weighted by molar-refractivity contribution is 5.37. The van der Waals surface area contributed by atoms with Crippen LogP contribution in [0.25, 0.3) is 0 Å². The first-order valence-corrected chi connectivity index (χ1v) is 11.0. The van der Waals surface area contributed by atoms with E-state index in [0.717, 1.165) is 49.9 Å². The number of ether oxygens (including phenoxy) is 1. The zero-order valence-electron chi connectivity index (χ0n) is 18.9. The van der Waals surface area contributed by atoms with Crippen molar-refractivity contribution in [3.8, 4) is 5.75 Å². The molecule has 8 heteroatoms. The van der Waals surface area contributed by atoms with Gasteiger partial charge in [0.2, 0.25) is 5.82 Å². The fourth-order valence-corrected chi connectivity index (χ4v) is 4.48. The molecule has 0 saturated carbocycles. The minimum Gasteiger partial charge on any atom is -0.496 e. The minimum absolute atomic E-state index is 0.0212. The molecule has 1 atom stereocenters. The molecule has 1 saturated heterocycles. The summed E-state index contributed by atoms with van der Waals surface area (Å²) in [5.41, 5.74) is 2.27. The van der Waals surface area contributed by atoms with Gasteiger partial charge in [0.1, 0.15) is 38.5 Å². The molecule has 8 nitrogen and oxygen atoms in total. The molecule has 1 aliphatic heterocycles. The molecule has 0 aliphatic carbocycles. The first-order chi connectivity index (χ1) is 15.0. The van der Waals surface area contributed by atoms with Crippen LogP contribution < -0.4 is 14.5 Å². The molecule has 0 unspecified atom stereocenters. The van der Waals surface area contributed by atoms with Crippen molar-refractivity contribution in [3.63, 3.8) is 0 Å². The monoisotopic (exact) mass is 423 g/mol. The van der Waals surface area contributed by atoms with E-state index in [4.69, 9.17) is 4.74 Å². The van der Waals surface area contributed by atoms with Crippen molar-refractivity contribution in [1.82, 2.24) is 25.2 Å². The van der Waals surface area contributed by atoms with Crippen LogP contribution in [0.1, 0.15) is 43.8 Å². The Kier molecular flexibility index (Phi) is 6.29. The number of para-hydroxylation sites is 1. The molecule has 31 heavy (non-hydrogen) atoms. The summed E-state index contributed by atoms with van der Waals surface area (Å²) >= 11 is 0. The molecule has 1 aliphatic rings. The molecule has 2 N–H and O–H groups in total. The van der Waals surface area contributed by atoms with E-state index in [1.807, 2.05) is 29.2 Å². The molecule has 4 rings (SSSR count). The molecule has 3 heterocycles. The number of rotatable bonds is 6. The number of nitrogens with zero attached hydrogens (tertiary/aromatic N) is 5. The van der Waals surface area contributed by atoms with Gasteiger partial charge in [-0.3, -0.25) is 4.98 Å². The average Bonchev–Trinajstić information content (AvgIpc) is 3.26. The SMILES string of the molecule is COc1ccccc1[C@H](c1nnnn1C(C)(C)C)[NH+]1CC[NH+](Cc2ccncc2)CC1. The number of quaternary nitrogens is 2. The maximum Gasteiger partial charge on any atom is 0.214 e. The van der Waals surface area contributed by atoms with Gasteiger partial charge < -0.3 is 14.5 Å². The Morgan fingerprint density at radius 1 is 1.03 bits per heavy atom. The summed E-state index contributed by atoms with van der Waals surface area (Å²) in [5, 5.41) is 12.9. The summed E-state index contributed by atoms with van der Waals surface area (Å²) in [6.45, 7) is 11.7. The number of benzene rings is 1. The summed E-state index contributed by atoms with van der Waals surface area (Å²) in [5.74, 6) is 1.78. The Bertz CT molecular complexity index is 975. The Morgan fingerprint density at radius 2 is 1.74 bits per heavy atom. The number of tetrazole rings is 1. The smallest absolute Gasteiger partial charge is 0.214 e. The Labute approximate surface area is 183 Å². The van der Waals surface area contributed by atoms with Crippen molar-refractivity contribution in [2.45, 2.75) is 38.9 Å². The summed E-state index contributed by atoms with van der Waals surface area (Å²) < 4.78 is 7.70. The second-order valence-electron chi connectivity index (χ2n) is 9.24. The van der Waals surface area contributed by atoms with E-state index in [0.29, 0.717) is 0 Å². The molecule has 1 fully saturated rings. The van der Waals surface area contributed by atoms with Gasteiger partial charge in [-0.05, 0) is 55.5 Å². The van der Waals surface area contributed by atoms with Gasteiger partial charge in [-0.15, -0.1) is 5.10 Å². The van der Waals surface area contributed by atoms with Crippen LogP contribution in [0.3, 0.4) is 0 Å². The molecule has 164 valence electrons. The second kappa shape index (κ2) is 9.11. The van der Waals surface area contributed by atoms with Gasteiger partial charge in [0.25, 0.3) is 0 Å². The first kappa shape index (κ1) is 21.4. The third kappa shape index (κ3) is 4.75. The third-order valence-electron chi connectivity index (χ3n) is 6.05. The van der Waals surface area contributed by atoms with E-state index in [9.17, 15) is 0 Å². The minimum atomic E-state index is -0.201. The van der Waals surface area contributed by atoms with Crippen LogP contribution in [-0.2, 0) is 12.1 Å². The van der Waals surface area contributed by atoms with Crippen LogP contribution in [-0.4, -0.2) is 58.5 Å². The lowest BCUT2D eigenvalue weighted by atomic mass is 10.0. The normalized spacial score (nSPS) is 20.4. The zero-order valence-corrected chi connectivity index (χ0v) is 18.9. The number of aromatic nitrogens is 5. The van der Waals surface area contributed by atoms with Crippen molar-refractivity contribution in [3.05, 3.63) is 65.7 Å². The molecular formula is C23H33N7O+2. The molecule has 0 bridgehead atoms. The molecular weight excluding hydrogens is 390 g/mol. The van der Waals surface area contributed by atoms with Gasteiger partial charge in [0.15, 0.2) is 6.04 Å². The van der Waals surface area contributed by atoms with Gasteiger partial charge >= 0.3 is 0 Å². The van der Waals surface area contributed by atoms with Crippen molar-refractivity contribution in [2.75, 3.05) is 33.3 Å². The summed E-state index contributed by atoms with van der Waals surface area (Å²) in [4.78, 5) is 7.21. The van der Waals surface area contributed by atoms with Crippen LogP contribution in [0.15, 0.2) is 48.8 Å². The highest BCUT2D eigenvalue weighted by Gasteiger charge is 2.38. The van der Waals surface area contributed by atoms with E-state index in [1.54, 1.807) is 12.0 Å². The van der Waals surface area contributed by atoms with E-state index >= 15 is 0 Å². The number of piperazine rings is 1. The van der Waals surface area contributed by atoms with Crippen LogP contribution >= 0.6 is 0 Å². The maximum absolute atomic E-state index is 5.74. The van der Waals surface area contributed by atoms with E-state index in [2.05, 4.69) is 65.5 Å². The van der Waals surface area contributed by atoms with Crippen molar-refractivity contribution >= 4 is 0 Å². The lowest BCUT2D eigenvalue weighted by Gasteiger charge is -2.35. The second-order valence-corrected chi connectivity index (χ2v) is 9.24. The molecule has 1 aromatic carbocycles. The Balaban J connectivity index is 1.61. The van der Waals surface area contributed by atoms with Crippen LogP contribution in [0, 0.1) is 0 Å². The Morgan fingerprint density at radius 3 is 2.42 bits per heavy atom. The van der Waals surface area contributed by atoms with E-state index < -0.39 is 0 Å². The fraction of sp³-hybridized carbons (Fsp3) is 0.478. The van der Waals surface area contributed by atoms with Gasteiger partial charge in [0, 0.05) is 18.0 Å². The van der Waals surface area contributed by atoms with Gasteiger partial charge in [-0.2, -0.15) is 0 Å². The van der Waals surface area contributed by atoms with Crippen LogP contribution in [0.2, 0.25) is 0 Å². The molecule has 0 amide bonds. The lowest BCUT2D eigenvalue weighted by molar-refractivity contribution is -1.03. The van der Waals surface area contributed by atoms with Crippen molar-refractivity contribution in [1.29, 1.82) is 0 Å². The summed E-state index contributed by atoms with van der Waals surface area (Å²) in [6.07, 6.45) is 3.75. The van der Waals surface area contributed by atoms with Gasteiger partial charge in [0.05, 0.1) is 18.2 Å². The fourth-order valence-electron chi connectivity index (χ4n) is 4.48. The number of hydrogen-bond acceptors (Lipinski definition) is 5. The summed E-state index contributed by atoms with van der Waals surface area (Å²) in [7, 11) is 1.73. The summed E-state index contributed by atoms with van der Waals surface area (Å²) in [6, 6.07) is 12.5. The number of pyridine rings is 1. The lowest BCUT2D eigenvalue weighted by Crippen LogP contribution is -3.27. The number of methoxy groups -OCH3 is 1. The topological polar surface area (TPSA) is 74.6 Å². The molecule has 2 aromatic heterocycles. The molecule has 0 spiro atoms. The highest BCUT2D eigenvalue weighted by atomic mass is 16.5. The van der Waals surface area contributed by atoms with Crippen molar-refractivity contribution < 1.29 is 14.5 Å². The maximum atomic E-state index is 5.74. The van der Waals surface area contributed by atoms with Crippen LogP contribution in [0.5, 0.6) is 5.75 Å². The third-order valence-corrected chi connectivity index (χ3v) is 6.05. The quantitative estimate of drug-likeness (QED) is 0.580. The standard InChI is InChI=1S/C23H31N7O/c1-23(2,3)30-22(25-26-27-30)21(19-7-5-6-8-20(19)31-4)29-15-13-28(14-16-29)17-18-9-11-24-12-10-18/h5-12,21H,13-17H2,1-4H3/p+2/t21-/m1/s1. The van der Waals surface area contributed by atoms with E-state index in [1.165, 1.54) is 10.5 Å².